The Hall–Kier alpha value is -0.250. The van der Waals surface area contributed by atoms with Gasteiger partial charge in [0.25, 0.3) is 0 Å². The molecule has 1 aromatic carbocycles. The molecular formula is C16H25IO. The van der Waals surface area contributed by atoms with Crippen LogP contribution in [0.4, 0.5) is 0 Å². The normalized spacial score (nSPS) is 11.1. The molecule has 0 fully saturated rings. The highest BCUT2D eigenvalue weighted by Crippen LogP contribution is 2.25. The Bertz CT molecular complexity index is 341. The zero-order chi connectivity index (χ0) is 13.4. The number of phenolic OH excluding ortho intramolecular Hbond substituents is 1. The van der Waals surface area contributed by atoms with E-state index in [0.29, 0.717) is 5.75 Å². The number of aromatic hydroxyl groups is 1. The molecule has 0 aliphatic carbocycles. The number of halogens is 1. The Kier molecular flexibility index (Phi) is 7.71. The summed E-state index contributed by atoms with van der Waals surface area (Å²) < 4.78 is 0.967. The van der Waals surface area contributed by atoms with Gasteiger partial charge in [-0.15, -0.1) is 0 Å². The van der Waals surface area contributed by atoms with Crippen molar-refractivity contribution in [3.63, 3.8) is 0 Å². The lowest BCUT2D eigenvalue weighted by molar-refractivity contribution is 0.416. The summed E-state index contributed by atoms with van der Waals surface area (Å²) >= 11 is 2.20. The van der Waals surface area contributed by atoms with Gasteiger partial charge in [-0.1, -0.05) is 58.4 Å². The summed E-state index contributed by atoms with van der Waals surface area (Å²) in [4.78, 5) is 0. The van der Waals surface area contributed by atoms with Gasteiger partial charge in [-0.05, 0) is 52.6 Å². The van der Waals surface area contributed by atoms with Crippen LogP contribution in [-0.4, -0.2) is 5.11 Å². The van der Waals surface area contributed by atoms with Crippen LogP contribution < -0.4 is 0 Å². The van der Waals surface area contributed by atoms with Gasteiger partial charge in [0.05, 0.1) is 3.57 Å². The van der Waals surface area contributed by atoms with Gasteiger partial charge in [0, 0.05) is 0 Å². The van der Waals surface area contributed by atoms with Crippen molar-refractivity contribution in [2.75, 3.05) is 0 Å². The minimum absolute atomic E-state index is 0.401. The van der Waals surface area contributed by atoms with E-state index in [9.17, 15) is 5.11 Å². The van der Waals surface area contributed by atoms with Crippen molar-refractivity contribution >= 4 is 22.6 Å². The highest BCUT2D eigenvalue weighted by molar-refractivity contribution is 14.1. The van der Waals surface area contributed by atoms with Crippen LogP contribution in [0.5, 0.6) is 5.75 Å². The van der Waals surface area contributed by atoms with Gasteiger partial charge in [0.15, 0.2) is 0 Å². The van der Waals surface area contributed by atoms with Crippen molar-refractivity contribution in [1.29, 1.82) is 0 Å². The second kappa shape index (κ2) is 8.78. The maximum atomic E-state index is 9.55. The summed E-state index contributed by atoms with van der Waals surface area (Å²) in [7, 11) is 0. The first-order valence-electron chi connectivity index (χ1n) is 7.14. The largest absolute Gasteiger partial charge is 0.507 e. The van der Waals surface area contributed by atoms with E-state index in [2.05, 4.69) is 48.6 Å². The van der Waals surface area contributed by atoms with Gasteiger partial charge >= 0.3 is 0 Å². The van der Waals surface area contributed by atoms with Crippen LogP contribution in [-0.2, 0) is 6.42 Å². The maximum Gasteiger partial charge on any atom is 0.128 e. The van der Waals surface area contributed by atoms with Gasteiger partial charge < -0.3 is 5.11 Å². The molecule has 102 valence electrons. The van der Waals surface area contributed by atoms with Crippen LogP contribution in [0.2, 0.25) is 0 Å². The molecule has 0 aliphatic heterocycles. The average molecular weight is 360 g/mol. The molecule has 2 heteroatoms. The van der Waals surface area contributed by atoms with E-state index in [4.69, 9.17) is 0 Å². The Balaban J connectivity index is 2.59. The van der Waals surface area contributed by atoms with E-state index < -0.39 is 0 Å². The highest BCUT2D eigenvalue weighted by atomic mass is 127. The average Bonchev–Trinajstić information content (AvgIpc) is 2.37. The predicted molar refractivity (Wildman–Crippen MR) is 87.1 cm³/mol. The van der Waals surface area contributed by atoms with Gasteiger partial charge in [-0.2, -0.15) is 0 Å². The Morgan fingerprint density at radius 1 is 1.11 bits per heavy atom. The summed E-state index contributed by atoms with van der Waals surface area (Å²) in [5.74, 6) is 1.21. The quantitative estimate of drug-likeness (QED) is 0.604. The zero-order valence-corrected chi connectivity index (χ0v) is 13.7. The van der Waals surface area contributed by atoms with Gasteiger partial charge in [-0.25, -0.2) is 0 Å². The van der Waals surface area contributed by atoms with Crippen molar-refractivity contribution in [2.24, 2.45) is 5.92 Å². The molecule has 1 N–H and O–H groups in total. The first kappa shape index (κ1) is 15.8. The Morgan fingerprint density at radius 2 is 1.72 bits per heavy atom. The lowest BCUT2D eigenvalue weighted by Gasteiger charge is -2.16. The van der Waals surface area contributed by atoms with Crippen LogP contribution in [0.1, 0.15) is 57.9 Å². The summed E-state index contributed by atoms with van der Waals surface area (Å²) in [6.45, 7) is 4.53. The number of unbranched alkanes of at least 4 members (excludes halogenated alkanes) is 2. The first-order valence-corrected chi connectivity index (χ1v) is 8.22. The molecule has 0 unspecified atom stereocenters. The van der Waals surface area contributed by atoms with Crippen molar-refractivity contribution < 1.29 is 5.11 Å². The summed E-state index contributed by atoms with van der Waals surface area (Å²) in [6.07, 6.45) is 9.09. The van der Waals surface area contributed by atoms with Crippen LogP contribution in [0.3, 0.4) is 0 Å². The molecule has 0 aliphatic rings. The molecule has 1 aromatic rings. The standard InChI is InChI=1S/C16H25IO/c1-3-5-7-13(8-6-4-2)11-14-9-10-16(18)15(17)12-14/h9-10,12-13,18H,3-8,11H2,1-2H3. The fourth-order valence-corrected chi connectivity index (χ4v) is 2.92. The monoisotopic (exact) mass is 360 g/mol. The second-order valence-corrected chi connectivity index (χ2v) is 6.30. The van der Waals surface area contributed by atoms with Gasteiger partial charge in [-0.3, -0.25) is 0 Å². The van der Waals surface area contributed by atoms with E-state index >= 15 is 0 Å². The minimum Gasteiger partial charge on any atom is -0.507 e. The summed E-state index contributed by atoms with van der Waals surface area (Å²) in [5.41, 5.74) is 1.37. The molecule has 1 rings (SSSR count). The van der Waals surface area contributed by atoms with E-state index in [0.717, 1.165) is 15.9 Å². The van der Waals surface area contributed by atoms with Gasteiger partial charge in [0.2, 0.25) is 0 Å². The third kappa shape index (κ3) is 5.59. The molecule has 0 radical (unpaired) electrons. The predicted octanol–water partition coefficient (Wildman–Crippen LogP) is 5.54. The van der Waals surface area contributed by atoms with Crippen LogP contribution in [0, 0.1) is 9.49 Å². The van der Waals surface area contributed by atoms with E-state index in [1.807, 2.05) is 6.07 Å². The molecule has 0 saturated carbocycles. The molecule has 0 amide bonds. The third-order valence-corrected chi connectivity index (χ3v) is 4.33. The fourth-order valence-electron chi connectivity index (χ4n) is 2.34. The van der Waals surface area contributed by atoms with E-state index in [1.165, 1.54) is 44.1 Å². The van der Waals surface area contributed by atoms with Crippen LogP contribution in [0.15, 0.2) is 18.2 Å². The lowest BCUT2D eigenvalue weighted by atomic mass is 9.90. The maximum absolute atomic E-state index is 9.55. The van der Waals surface area contributed by atoms with Gasteiger partial charge in [0.1, 0.15) is 5.75 Å². The van der Waals surface area contributed by atoms with E-state index in [1.54, 1.807) is 0 Å². The Labute approximate surface area is 125 Å². The molecule has 0 spiro atoms. The summed E-state index contributed by atoms with van der Waals surface area (Å²) in [6, 6.07) is 6.02. The minimum atomic E-state index is 0.401. The molecule has 18 heavy (non-hydrogen) atoms. The highest BCUT2D eigenvalue weighted by Gasteiger charge is 2.10. The van der Waals surface area contributed by atoms with Crippen molar-refractivity contribution in [3.8, 4) is 5.75 Å². The molecule has 0 bridgehead atoms. The molecular weight excluding hydrogens is 335 g/mol. The number of rotatable bonds is 8. The van der Waals surface area contributed by atoms with Crippen molar-refractivity contribution in [2.45, 2.75) is 58.8 Å². The lowest BCUT2D eigenvalue weighted by Crippen LogP contribution is -2.05. The first-order chi connectivity index (χ1) is 8.67. The topological polar surface area (TPSA) is 20.2 Å². The number of hydrogen-bond donors (Lipinski definition) is 1. The van der Waals surface area contributed by atoms with Crippen molar-refractivity contribution in [1.82, 2.24) is 0 Å². The number of benzene rings is 1. The van der Waals surface area contributed by atoms with E-state index in [-0.39, 0.29) is 0 Å². The molecule has 0 saturated heterocycles. The fraction of sp³-hybridized carbons (Fsp3) is 0.625. The molecule has 0 aromatic heterocycles. The molecule has 1 nitrogen and oxygen atoms in total. The Morgan fingerprint density at radius 3 is 2.22 bits per heavy atom. The SMILES string of the molecule is CCCCC(CCCC)Cc1ccc(O)c(I)c1. The second-order valence-electron chi connectivity index (χ2n) is 5.14. The van der Waals surface area contributed by atoms with Crippen LogP contribution >= 0.6 is 22.6 Å². The van der Waals surface area contributed by atoms with Crippen LogP contribution in [0.25, 0.3) is 0 Å². The smallest absolute Gasteiger partial charge is 0.128 e. The summed E-state index contributed by atoms with van der Waals surface area (Å²) in [5, 5.41) is 9.55. The third-order valence-electron chi connectivity index (χ3n) is 3.47. The number of hydrogen-bond acceptors (Lipinski definition) is 1. The van der Waals surface area contributed by atoms with Crippen molar-refractivity contribution in [3.05, 3.63) is 27.3 Å². The number of phenols is 1. The zero-order valence-electron chi connectivity index (χ0n) is 11.6. The molecule has 0 atom stereocenters. The molecule has 0 heterocycles.